The van der Waals surface area contributed by atoms with Crippen LogP contribution in [0.2, 0.25) is 0 Å². The maximum atomic E-state index is 13.2. The minimum atomic E-state index is -0.284. The van der Waals surface area contributed by atoms with Crippen LogP contribution in [0.25, 0.3) is 0 Å². The Morgan fingerprint density at radius 2 is 1.96 bits per heavy atom. The molecule has 0 atom stereocenters. The van der Waals surface area contributed by atoms with E-state index in [-0.39, 0.29) is 5.82 Å². The summed E-state index contributed by atoms with van der Waals surface area (Å²) in [5.74, 6) is -0.284. The molecule has 1 saturated heterocycles. The Kier molecular flexibility index (Phi) is 4.52. The molecule has 2 heterocycles. The third-order valence-electron chi connectivity index (χ3n) is 4.47. The highest BCUT2D eigenvalue weighted by atomic mass is 19.1. The Balaban J connectivity index is 1.60. The van der Waals surface area contributed by atoms with E-state index in [9.17, 15) is 4.39 Å². The number of aromatic nitrogens is 2. The summed E-state index contributed by atoms with van der Waals surface area (Å²) in [6, 6.07) is 4.64. The Bertz CT molecular complexity index is 674. The second-order valence-corrected chi connectivity index (χ2v) is 6.06. The molecule has 3 rings (SSSR count). The molecule has 0 amide bonds. The number of benzene rings is 1. The van der Waals surface area contributed by atoms with Crippen molar-refractivity contribution in [3.05, 3.63) is 41.5 Å². The minimum absolute atomic E-state index is 0.284. The summed E-state index contributed by atoms with van der Waals surface area (Å²) in [5, 5.41) is 4.50. The first kappa shape index (κ1) is 15.8. The van der Waals surface area contributed by atoms with Crippen molar-refractivity contribution in [1.29, 1.82) is 0 Å². The molecule has 0 spiro atoms. The molecule has 1 fully saturated rings. The Morgan fingerprint density at radius 3 is 2.57 bits per heavy atom. The van der Waals surface area contributed by atoms with Gasteiger partial charge in [-0.1, -0.05) is 0 Å². The fourth-order valence-corrected chi connectivity index (χ4v) is 3.08. The molecule has 1 aliphatic rings. The maximum absolute atomic E-state index is 13.2. The molecule has 0 aliphatic carbocycles. The van der Waals surface area contributed by atoms with E-state index in [0.717, 1.165) is 50.6 Å². The second kappa shape index (κ2) is 6.58. The van der Waals surface area contributed by atoms with Gasteiger partial charge in [0, 0.05) is 51.0 Å². The molecule has 0 bridgehead atoms. The number of halogens is 1. The quantitative estimate of drug-likeness (QED) is 0.879. The number of hydrogen-bond donors (Lipinski definition) is 1. The minimum Gasteiger partial charge on any atom is -0.397 e. The molecule has 2 aromatic rings. The SMILES string of the molecule is CCn1cc(CN2CCN(c3ccc(F)cc3N)CC2)c(C)n1. The zero-order valence-electron chi connectivity index (χ0n) is 13.8. The predicted molar refractivity (Wildman–Crippen MR) is 90.9 cm³/mol. The van der Waals surface area contributed by atoms with Crippen LogP contribution in [0.5, 0.6) is 0 Å². The van der Waals surface area contributed by atoms with Gasteiger partial charge >= 0.3 is 0 Å². The summed E-state index contributed by atoms with van der Waals surface area (Å²) < 4.78 is 15.2. The fourth-order valence-electron chi connectivity index (χ4n) is 3.08. The highest BCUT2D eigenvalue weighted by Gasteiger charge is 2.20. The molecular formula is C17H24FN5. The van der Waals surface area contributed by atoms with Crippen molar-refractivity contribution in [2.45, 2.75) is 26.9 Å². The lowest BCUT2D eigenvalue weighted by molar-refractivity contribution is 0.249. The van der Waals surface area contributed by atoms with Gasteiger partial charge in [-0.2, -0.15) is 5.10 Å². The molecule has 1 aromatic heterocycles. The predicted octanol–water partition coefficient (Wildman–Crippen LogP) is 2.25. The van der Waals surface area contributed by atoms with Gasteiger partial charge in [0.2, 0.25) is 0 Å². The van der Waals surface area contributed by atoms with Gasteiger partial charge in [-0.25, -0.2) is 4.39 Å². The van der Waals surface area contributed by atoms with Crippen molar-refractivity contribution in [2.24, 2.45) is 0 Å². The molecule has 23 heavy (non-hydrogen) atoms. The highest BCUT2D eigenvalue weighted by Crippen LogP contribution is 2.25. The van der Waals surface area contributed by atoms with Gasteiger partial charge < -0.3 is 10.6 Å². The van der Waals surface area contributed by atoms with Crippen molar-refractivity contribution >= 4 is 11.4 Å². The highest BCUT2D eigenvalue weighted by molar-refractivity contribution is 5.67. The zero-order valence-corrected chi connectivity index (χ0v) is 13.8. The van der Waals surface area contributed by atoms with Crippen LogP contribution in [0.1, 0.15) is 18.2 Å². The molecule has 0 saturated carbocycles. The number of rotatable bonds is 4. The average Bonchev–Trinajstić information content (AvgIpc) is 2.89. The number of aryl methyl sites for hydroxylation is 2. The van der Waals surface area contributed by atoms with Gasteiger partial charge in [-0.15, -0.1) is 0 Å². The standard InChI is InChI=1S/C17H24FN5/c1-3-23-12-14(13(2)20-23)11-21-6-8-22(9-7-21)17-5-4-15(18)10-16(17)19/h4-5,10,12H,3,6-9,11,19H2,1-2H3. The number of nitrogen functional groups attached to an aromatic ring is 1. The molecule has 1 aliphatic heterocycles. The smallest absolute Gasteiger partial charge is 0.125 e. The first-order valence-electron chi connectivity index (χ1n) is 8.12. The molecule has 5 nitrogen and oxygen atoms in total. The van der Waals surface area contributed by atoms with Crippen LogP contribution in [-0.2, 0) is 13.1 Å². The maximum Gasteiger partial charge on any atom is 0.125 e. The second-order valence-electron chi connectivity index (χ2n) is 6.06. The van der Waals surface area contributed by atoms with E-state index in [1.807, 2.05) is 4.68 Å². The van der Waals surface area contributed by atoms with E-state index in [4.69, 9.17) is 5.73 Å². The summed E-state index contributed by atoms with van der Waals surface area (Å²) in [6.07, 6.45) is 2.14. The molecule has 0 unspecified atom stereocenters. The number of hydrogen-bond acceptors (Lipinski definition) is 4. The van der Waals surface area contributed by atoms with Gasteiger partial charge in [0.25, 0.3) is 0 Å². The molecule has 1 aromatic carbocycles. The van der Waals surface area contributed by atoms with E-state index in [0.29, 0.717) is 5.69 Å². The third-order valence-corrected chi connectivity index (χ3v) is 4.47. The van der Waals surface area contributed by atoms with Crippen LogP contribution in [0, 0.1) is 12.7 Å². The first-order chi connectivity index (χ1) is 11.1. The van der Waals surface area contributed by atoms with Gasteiger partial charge in [0.05, 0.1) is 17.1 Å². The lowest BCUT2D eigenvalue weighted by Gasteiger charge is -2.36. The Labute approximate surface area is 136 Å². The zero-order chi connectivity index (χ0) is 16.4. The summed E-state index contributed by atoms with van der Waals surface area (Å²) in [6.45, 7) is 9.73. The van der Waals surface area contributed by atoms with Gasteiger partial charge in [-0.05, 0) is 32.0 Å². The largest absolute Gasteiger partial charge is 0.397 e. The van der Waals surface area contributed by atoms with Crippen LogP contribution in [0.15, 0.2) is 24.4 Å². The van der Waals surface area contributed by atoms with Crippen molar-refractivity contribution in [2.75, 3.05) is 36.8 Å². The van der Waals surface area contributed by atoms with E-state index in [1.165, 1.54) is 17.7 Å². The number of anilines is 2. The van der Waals surface area contributed by atoms with Crippen LogP contribution in [0.4, 0.5) is 15.8 Å². The summed E-state index contributed by atoms with van der Waals surface area (Å²) in [7, 11) is 0. The first-order valence-corrected chi connectivity index (χ1v) is 8.12. The summed E-state index contributed by atoms with van der Waals surface area (Å²) in [4.78, 5) is 4.66. The monoisotopic (exact) mass is 317 g/mol. The number of nitrogens with zero attached hydrogens (tertiary/aromatic N) is 4. The van der Waals surface area contributed by atoms with Crippen molar-refractivity contribution in [3.8, 4) is 0 Å². The Morgan fingerprint density at radius 1 is 1.22 bits per heavy atom. The van der Waals surface area contributed by atoms with Crippen molar-refractivity contribution in [3.63, 3.8) is 0 Å². The fraction of sp³-hybridized carbons (Fsp3) is 0.471. The normalized spacial score (nSPS) is 16.0. The van der Waals surface area contributed by atoms with Crippen LogP contribution in [0.3, 0.4) is 0 Å². The lowest BCUT2D eigenvalue weighted by atomic mass is 10.2. The Hall–Kier alpha value is -2.08. The van der Waals surface area contributed by atoms with Gasteiger partial charge in [0.15, 0.2) is 0 Å². The van der Waals surface area contributed by atoms with E-state index in [2.05, 4.69) is 34.9 Å². The molecular weight excluding hydrogens is 293 g/mol. The topological polar surface area (TPSA) is 50.3 Å². The van der Waals surface area contributed by atoms with E-state index >= 15 is 0 Å². The summed E-state index contributed by atoms with van der Waals surface area (Å²) >= 11 is 0. The lowest BCUT2D eigenvalue weighted by Crippen LogP contribution is -2.46. The van der Waals surface area contributed by atoms with Crippen LogP contribution >= 0.6 is 0 Å². The van der Waals surface area contributed by atoms with Gasteiger partial charge in [-0.3, -0.25) is 9.58 Å². The average molecular weight is 317 g/mol. The third kappa shape index (κ3) is 3.47. The van der Waals surface area contributed by atoms with Crippen LogP contribution in [-0.4, -0.2) is 40.9 Å². The molecule has 2 N–H and O–H groups in total. The number of piperazine rings is 1. The van der Waals surface area contributed by atoms with Crippen molar-refractivity contribution < 1.29 is 4.39 Å². The van der Waals surface area contributed by atoms with Crippen molar-refractivity contribution in [1.82, 2.24) is 14.7 Å². The van der Waals surface area contributed by atoms with E-state index in [1.54, 1.807) is 6.07 Å². The van der Waals surface area contributed by atoms with Crippen LogP contribution < -0.4 is 10.6 Å². The number of nitrogens with two attached hydrogens (primary N) is 1. The van der Waals surface area contributed by atoms with Gasteiger partial charge in [0.1, 0.15) is 5.82 Å². The molecule has 6 heteroatoms. The van der Waals surface area contributed by atoms with E-state index < -0.39 is 0 Å². The molecule has 124 valence electrons. The molecule has 0 radical (unpaired) electrons. The summed E-state index contributed by atoms with van der Waals surface area (Å²) in [5.41, 5.74) is 9.79.